The number of rotatable bonds is 7. The Morgan fingerprint density at radius 3 is 2.46 bits per heavy atom. The Balaban J connectivity index is 0.00000338. The van der Waals surface area contributed by atoms with E-state index >= 15 is 0 Å². The highest BCUT2D eigenvalue weighted by Crippen LogP contribution is 2.14. The van der Waals surface area contributed by atoms with Gasteiger partial charge in [-0.2, -0.15) is 0 Å². The van der Waals surface area contributed by atoms with Gasteiger partial charge in [-0.15, -0.1) is 24.0 Å². The monoisotopic (exact) mass is 494 g/mol. The van der Waals surface area contributed by atoms with E-state index in [4.69, 9.17) is 0 Å². The fraction of sp³-hybridized carbons (Fsp3) is 0.611. The van der Waals surface area contributed by atoms with Crippen LogP contribution in [0.25, 0.3) is 0 Å². The van der Waals surface area contributed by atoms with Crippen LogP contribution in [0.2, 0.25) is 0 Å². The highest BCUT2D eigenvalue weighted by molar-refractivity contribution is 14.0. The Kier molecular flexibility index (Phi) is 10.5. The predicted octanol–water partition coefficient (Wildman–Crippen LogP) is 1.69. The van der Waals surface area contributed by atoms with E-state index in [1.165, 1.54) is 5.56 Å². The molecule has 148 valence electrons. The van der Waals surface area contributed by atoms with Gasteiger partial charge in [-0.25, -0.2) is 8.42 Å². The first-order chi connectivity index (χ1) is 12.0. The summed E-state index contributed by atoms with van der Waals surface area (Å²) < 4.78 is 22.9. The smallest absolute Gasteiger partial charge is 0.191 e. The van der Waals surface area contributed by atoms with E-state index < -0.39 is 9.84 Å². The molecule has 2 rings (SSSR count). The molecule has 1 fully saturated rings. The van der Waals surface area contributed by atoms with E-state index in [2.05, 4.69) is 51.7 Å². The average Bonchev–Trinajstić information content (AvgIpc) is 2.61. The lowest BCUT2D eigenvalue weighted by Crippen LogP contribution is -2.46. The SMILES string of the molecule is CCNC(=NCC(C)c1ccccc1)NCCN1CCS(=O)(=O)CC1.I. The van der Waals surface area contributed by atoms with E-state index in [1.54, 1.807) is 0 Å². The second kappa shape index (κ2) is 11.8. The largest absolute Gasteiger partial charge is 0.357 e. The van der Waals surface area contributed by atoms with Crippen LogP contribution in [0.5, 0.6) is 0 Å². The van der Waals surface area contributed by atoms with Gasteiger partial charge in [0.25, 0.3) is 0 Å². The molecule has 0 aliphatic carbocycles. The van der Waals surface area contributed by atoms with Crippen molar-refractivity contribution >= 4 is 39.8 Å². The molecule has 6 nitrogen and oxygen atoms in total. The maximum absolute atomic E-state index is 11.5. The molecule has 2 N–H and O–H groups in total. The number of nitrogens with one attached hydrogen (secondary N) is 2. The molecule has 1 heterocycles. The summed E-state index contributed by atoms with van der Waals surface area (Å²) in [5, 5.41) is 6.61. The molecule has 0 aromatic heterocycles. The number of halogens is 1. The number of aliphatic imine (C=N–C) groups is 1. The Morgan fingerprint density at radius 2 is 1.85 bits per heavy atom. The van der Waals surface area contributed by atoms with E-state index in [1.807, 2.05) is 13.0 Å². The van der Waals surface area contributed by atoms with Gasteiger partial charge in [0, 0.05) is 45.2 Å². The molecule has 1 atom stereocenters. The van der Waals surface area contributed by atoms with Gasteiger partial charge in [-0.1, -0.05) is 37.3 Å². The van der Waals surface area contributed by atoms with E-state index in [0.29, 0.717) is 19.0 Å². The van der Waals surface area contributed by atoms with Crippen LogP contribution in [0.15, 0.2) is 35.3 Å². The molecule has 0 saturated carbocycles. The molecule has 1 aromatic rings. The molecule has 1 saturated heterocycles. The van der Waals surface area contributed by atoms with Gasteiger partial charge in [0.05, 0.1) is 11.5 Å². The molecule has 1 aromatic carbocycles. The van der Waals surface area contributed by atoms with E-state index in [-0.39, 0.29) is 35.5 Å². The third-order valence-electron chi connectivity index (χ3n) is 4.39. The van der Waals surface area contributed by atoms with Crippen molar-refractivity contribution in [3.63, 3.8) is 0 Å². The lowest BCUT2D eigenvalue weighted by Gasteiger charge is -2.26. The summed E-state index contributed by atoms with van der Waals surface area (Å²) in [6.07, 6.45) is 0. The van der Waals surface area contributed by atoms with Crippen molar-refractivity contribution in [2.24, 2.45) is 4.99 Å². The summed E-state index contributed by atoms with van der Waals surface area (Å²) in [4.78, 5) is 6.86. The first kappa shape index (κ1) is 23.2. The van der Waals surface area contributed by atoms with Crippen molar-refractivity contribution in [1.29, 1.82) is 0 Å². The van der Waals surface area contributed by atoms with Crippen LogP contribution in [-0.2, 0) is 9.84 Å². The Bertz CT molecular complexity index is 638. The number of guanidine groups is 1. The van der Waals surface area contributed by atoms with Gasteiger partial charge in [-0.05, 0) is 12.5 Å². The molecule has 1 aliphatic heterocycles. The second-order valence-corrected chi connectivity index (χ2v) is 8.76. The molecule has 26 heavy (non-hydrogen) atoms. The van der Waals surface area contributed by atoms with Crippen LogP contribution in [0.3, 0.4) is 0 Å². The maximum atomic E-state index is 11.5. The minimum atomic E-state index is -2.81. The Hall–Kier alpha value is -0.870. The molecule has 0 spiro atoms. The fourth-order valence-corrected chi connectivity index (χ4v) is 4.04. The van der Waals surface area contributed by atoms with Crippen LogP contribution in [0, 0.1) is 0 Å². The van der Waals surface area contributed by atoms with Crippen molar-refractivity contribution in [3.05, 3.63) is 35.9 Å². The third-order valence-corrected chi connectivity index (χ3v) is 6.00. The number of hydrogen-bond acceptors (Lipinski definition) is 4. The van der Waals surface area contributed by atoms with E-state index in [9.17, 15) is 8.42 Å². The van der Waals surface area contributed by atoms with Gasteiger partial charge >= 0.3 is 0 Å². The molecule has 0 bridgehead atoms. The maximum Gasteiger partial charge on any atom is 0.191 e. The highest BCUT2D eigenvalue weighted by atomic mass is 127. The van der Waals surface area contributed by atoms with Gasteiger partial charge in [0.1, 0.15) is 0 Å². The first-order valence-electron chi connectivity index (χ1n) is 9.00. The normalized spacial score (nSPS) is 18.6. The van der Waals surface area contributed by atoms with Crippen LogP contribution in [0.1, 0.15) is 25.3 Å². The highest BCUT2D eigenvalue weighted by Gasteiger charge is 2.20. The fourth-order valence-electron chi connectivity index (χ4n) is 2.76. The summed E-state index contributed by atoms with van der Waals surface area (Å²) >= 11 is 0. The standard InChI is InChI=1S/C18H30N4O2S.HI/c1-3-19-18(21-15-16(2)17-7-5-4-6-8-17)20-9-10-22-11-13-25(23,24)14-12-22;/h4-8,16H,3,9-15H2,1-2H3,(H2,19,20,21);1H. The number of nitrogens with zero attached hydrogens (tertiary/aromatic N) is 2. The van der Waals surface area contributed by atoms with Crippen molar-refractivity contribution in [1.82, 2.24) is 15.5 Å². The van der Waals surface area contributed by atoms with Crippen molar-refractivity contribution < 1.29 is 8.42 Å². The molecule has 8 heteroatoms. The number of hydrogen-bond donors (Lipinski definition) is 2. The van der Waals surface area contributed by atoms with Crippen LogP contribution >= 0.6 is 24.0 Å². The lowest BCUT2D eigenvalue weighted by atomic mass is 10.0. The number of benzene rings is 1. The third kappa shape index (κ3) is 8.22. The molecular weight excluding hydrogens is 463 g/mol. The minimum absolute atomic E-state index is 0. The zero-order chi connectivity index (χ0) is 18.1. The Labute approximate surface area is 174 Å². The van der Waals surface area contributed by atoms with Crippen LogP contribution < -0.4 is 10.6 Å². The molecule has 1 aliphatic rings. The summed E-state index contributed by atoms with van der Waals surface area (Å²) in [6.45, 7) is 8.60. The van der Waals surface area contributed by atoms with Crippen LogP contribution in [0.4, 0.5) is 0 Å². The van der Waals surface area contributed by atoms with Crippen molar-refractivity contribution in [3.8, 4) is 0 Å². The first-order valence-corrected chi connectivity index (χ1v) is 10.8. The summed E-state index contributed by atoms with van der Waals surface area (Å²) in [7, 11) is -2.81. The Morgan fingerprint density at radius 1 is 1.19 bits per heavy atom. The molecule has 0 radical (unpaired) electrons. The second-order valence-electron chi connectivity index (χ2n) is 6.45. The summed E-state index contributed by atoms with van der Waals surface area (Å²) in [6, 6.07) is 10.4. The average molecular weight is 494 g/mol. The topological polar surface area (TPSA) is 73.8 Å². The van der Waals surface area contributed by atoms with Crippen LogP contribution in [-0.4, -0.2) is 70.1 Å². The van der Waals surface area contributed by atoms with Gasteiger partial charge in [0.15, 0.2) is 15.8 Å². The lowest BCUT2D eigenvalue weighted by molar-refractivity contribution is 0.299. The molecule has 0 amide bonds. The quantitative estimate of drug-likeness (QED) is 0.343. The van der Waals surface area contributed by atoms with Crippen molar-refractivity contribution in [2.75, 3.05) is 50.8 Å². The molecule has 1 unspecified atom stereocenters. The van der Waals surface area contributed by atoms with Gasteiger partial charge < -0.3 is 10.6 Å². The van der Waals surface area contributed by atoms with E-state index in [0.717, 1.165) is 32.1 Å². The zero-order valence-electron chi connectivity index (χ0n) is 15.6. The zero-order valence-corrected chi connectivity index (χ0v) is 18.8. The predicted molar refractivity (Wildman–Crippen MR) is 119 cm³/mol. The van der Waals surface area contributed by atoms with Crippen molar-refractivity contribution in [2.45, 2.75) is 19.8 Å². The summed E-state index contributed by atoms with van der Waals surface area (Å²) in [5.74, 6) is 1.73. The number of sulfone groups is 1. The van der Waals surface area contributed by atoms with Gasteiger partial charge in [-0.3, -0.25) is 9.89 Å². The minimum Gasteiger partial charge on any atom is -0.357 e. The molecular formula is C18H31IN4O2S. The summed E-state index contributed by atoms with van der Waals surface area (Å²) in [5.41, 5.74) is 1.29. The van der Waals surface area contributed by atoms with Gasteiger partial charge in [0.2, 0.25) is 0 Å².